The summed E-state index contributed by atoms with van der Waals surface area (Å²) in [7, 11) is 4.46. The number of carbonyl (C=O) groups excluding carboxylic acids is 1. The van der Waals surface area contributed by atoms with Crippen LogP contribution in [0.4, 0.5) is 0 Å². The Morgan fingerprint density at radius 2 is 1.22 bits per heavy atom. The summed E-state index contributed by atoms with van der Waals surface area (Å²) in [6.45, 7) is 23.2. The number of nitrogens with zero attached hydrogens (tertiary/aromatic N) is 6. The molecule has 0 unspecified atom stereocenters. The topological polar surface area (TPSA) is 135 Å². The van der Waals surface area contributed by atoms with Crippen molar-refractivity contribution in [2.24, 2.45) is 11.8 Å². The Balaban J connectivity index is 0.0000000993. The van der Waals surface area contributed by atoms with E-state index in [1.807, 2.05) is 11.8 Å². The molecule has 13 nitrogen and oxygen atoms in total. The molecule has 11 atom stereocenters. The smallest absolute Gasteiger partial charge is 0.271 e. The van der Waals surface area contributed by atoms with Crippen LogP contribution >= 0.6 is 0 Å². The second-order valence-electron chi connectivity index (χ2n) is 35.1. The van der Waals surface area contributed by atoms with Crippen molar-refractivity contribution in [3.63, 3.8) is 0 Å². The average molecular weight is 1350 g/mol. The number of fused-ring (bicyclic) bond motifs is 10. The van der Waals surface area contributed by atoms with Crippen molar-refractivity contribution in [1.29, 1.82) is 0 Å². The number of piperidine rings is 3. The van der Waals surface area contributed by atoms with Gasteiger partial charge in [0.15, 0.2) is 12.2 Å². The van der Waals surface area contributed by atoms with E-state index in [0.29, 0.717) is 17.7 Å². The Labute approximate surface area is 593 Å². The summed E-state index contributed by atoms with van der Waals surface area (Å²) in [4.78, 5) is 26.8. The minimum Gasteiger partial charge on any atom is -0.507 e. The molecule has 0 radical (unpaired) electrons. The lowest BCUT2D eigenvalue weighted by molar-refractivity contribution is -0.173. The number of H-pyrrole nitrogens is 1. The van der Waals surface area contributed by atoms with Crippen LogP contribution in [-0.2, 0) is 87.1 Å². The van der Waals surface area contributed by atoms with Gasteiger partial charge in [-0.15, -0.1) is 0 Å². The second-order valence-corrected chi connectivity index (χ2v) is 35.1. The molecule has 10 heterocycles. The number of likely N-dealkylation sites (N-methyl/N-ethyl adjacent to an activating group) is 2. The number of para-hydroxylation sites is 1. The Bertz CT molecular complexity index is 5140. The fourth-order valence-electron chi connectivity index (χ4n) is 25.3. The molecular formula is C88H99N7O6. The Morgan fingerprint density at radius 1 is 0.604 bits per heavy atom. The van der Waals surface area contributed by atoms with E-state index in [-0.39, 0.29) is 58.5 Å². The van der Waals surface area contributed by atoms with Crippen LogP contribution in [0.15, 0.2) is 84.9 Å². The number of phenols is 1. The van der Waals surface area contributed by atoms with Gasteiger partial charge in [0.1, 0.15) is 22.9 Å². The van der Waals surface area contributed by atoms with Crippen LogP contribution in [0.25, 0.3) is 32.6 Å². The number of hydrogen-bond donors (Lipinski definition) is 4. The first-order valence-corrected chi connectivity index (χ1v) is 38.9. The number of carbonyl (C=O) groups is 1. The fourth-order valence-corrected chi connectivity index (χ4v) is 25.3. The zero-order valence-corrected chi connectivity index (χ0v) is 60.9. The molecule has 14 aliphatic rings. The molecule has 4 fully saturated rings. The third-order valence-corrected chi connectivity index (χ3v) is 29.9. The molecule has 23 rings (SSSR count). The number of amides is 1. The summed E-state index contributed by atoms with van der Waals surface area (Å²) in [6.07, 6.45) is 15.0. The molecule has 101 heavy (non-hydrogen) atoms. The first-order chi connectivity index (χ1) is 48.7. The quantitative estimate of drug-likeness (QED) is 0.133. The van der Waals surface area contributed by atoms with Gasteiger partial charge in [-0.2, -0.15) is 0 Å². The zero-order valence-electron chi connectivity index (χ0n) is 60.9. The maximum absolute atomic E-state index is 13.6. The van der Waals surface area contributed by atoms with Crippen LogP contribution in [0.1, 0.15) is 189 Å². The highest BCUT2D eigenvalue weighted by Gasteiger charge is 2.75. The summed E-state index contributed by atoms with van der Waals surface area (Å²) >= 11 is 0. The van der Waals surface area contributed by atoms with E-state index >= 15 is 0 Å². The lowest BCUT2D eigenvalue weighted by Crippen LogP contribution is -2.74. The standard InChI is InChI=1S/C33H32N2O2.C28H39N3O2.C27H28N2O2/c1-18-5-8-22-15-25-33(36)16-24-23-10-9-20-3-2-4-21-11-13-35(28(23)26(20)21)29(24)31-32(33,27(22)30(18)37-31)12-14-34(25)17-19-6-7-19;1-15(2)31(16(3)4)27(33)25-18(6)20-13-21-23-12-19-9-8-17(5)26(32)24(19)28(21,10-11-30(23)7)14-22(20)29-25;1-15-8-9-17-13-20-27(30)14-19-18-7-3-5-16-6-4-11-29(22(16)18)23(19)25-26(27,10-12-28(20)2)21(17)24(15)31-25/h2-5,8-10,19,25,31,36H,6-7,11-17H2,1H3;8-9,15-16,21,23,29,32H,10-14H2,1-7H3;3,5,7-9,20,25,30H,4,6,10-14H2,1-2H3/t25-,31+,32+,33-;21-,23+,28-;20-,25+,26+,27-/m101/s1. The highest BCUT2D eigenvalue weighted by atomic mass is 16.5. The number of rotatable bonds is 5. The minimum atomic E-state index is -0.814. The van der Waals surface area contributed by atoms with Crippen LogP contribution in [0.3, 0.4) is 0 Å². The number of likely N-dealkylation sites (tertiary alicyclic amines) is 3. The molecule has 1 amide bonds. The molecular weight excluding hydrogens is 1250 g/mol. The number of aliphatic hydroxyl groups is 2. The molecule has 6 aromatic carbocycles. The number of aromatic nitrogens is 3. The lowest BCUT2D eigenvalue weighted by atomic mass is 9.49. The molecule has 3 saturated heterocycles. The molecule has 2 spiro atoms. The van der Waals surface area contributed by atoms with Gasteiger partial charge < -0.3 is 53.6 Å². The number of aryl methyl sites for hydroxylation is 7. The number of benzene rings is 6. The van der Waals surface area contributed by atoms with Crippen LogP contribution < -0.4 is 9.47 Å². The SMILES string of the molecule is Cc1ccc2c(c1O)[C@]13CCN(C)[C@H](C2)[C@@H]1Cc1c([nH]c(C(=O)N(C(C)C)C(C)C)c1C)C3.Cc1ccc2c3c1O[C@H]1c4c(c5ccc6cccc7c6c5n4CC7)C[C@@]4(O)[C@@H](C2)N(CC2CC2)CC[C@]314.Cc1ccc2c3c1O[C@H]1c4c(c5cccc6c5n4CCC6)C[C@@]4(O)[C@@H](C2)N(C)CC[C@]314. The molecule has 9 aromatic rings. The van der Waals surface area contributed by atoms with Crippen molar-refractivity contribution in [2.45, 2.75) is 235 Å². The molecule has 6 bridgehead atoms. The van der Waals surface area contributed by atoms with Crippen molar-refractivity contribution in [3.05, 3.63) is 191 Å². The Kier molecular flexibility index (Phi) is 12.9. The van der Waals surface area contributed by atoms with E-state index in [1.54, 1.807) is 0 Å². The van der Waals surface area contributed by atoms with Gasteiger partial charge in [-0.05, 0) is 257 Å². The zero-order chi connectivity index (χ0) is 68.8. The van der Waals surface area contributed by atoms with E-state index in [2.05, 4.69) is 176 Å². The predicted octanol–water partition coefficient (Wildman–Crippen LogP) is 13.7. The molecule has 7 aliphatic heterocycles. The highest BCUT2D eigenvalue weighted by molar-refractivity contribution is 6.10. The van der Waals surface area contributed by atoms with Crippen molar-refractivity contribution in [3.8, 4) is 17.2 Å². The fraction of sp³-hybridized carbons (Fsp3) is 0.511. The molecule has 4 N–H and O–H groups in total. The minimum absolute atomic E-state index is 0.0682. The van der Waals surface area contributed by atoms with Gasteiger partial charge in [-0.1, -0.05) is 84.9 Å². The molecule has 522 valence electrons. The Morgan fingerprint density at radius 3 is 1.91 bits per heavy atom. The number of ether oxygens (including phenoxy) is 2. The summed E-state index contributed by atoms with van der Waals surface area (Å²) in [5, 5.41) is 42.6. The summed E-state index contributed by atoms with van der Waals surface area (Å²) in [5.74, 6) is 4.00. The van der Waals surface area contributed by atoms with Crippen LogP contribution in [0, 0.1) is 39.5 Å². The second kappa shape index (κ2) is 21.0. The monoisotopic (exact) mass is 1350 g/mol. The van der Waals surface area contributed by atoms with Crippen molar-refractivity contribution in [1.82, 2.24) is 33.7 Å². The maximum atomic E-state index is 13.6. The summed E-state index contributed by atoms with van der Waals surface area (Å²) < 4.78 is 19.3. The van der Waals surface area contributed by atoms with Crippen molar-refractivity contribution < 1.29 is 29.6 Å². The van der Waals surface area contributed by atoms with Gasteiger partial charge >= 0.3 is 0 Å². The maximum Gasteiger partial charge on any atom is 0.271 e. The number of nitrogens with one attached hydrogen (secondary N) is 1. The van der Waals surface area contributed by atoms with Crippen LogP contribution in [0.2, 0.25) is 0 Å². The van der Waals surface area contributed by atoms with E-state index in [9.17, 15) is 20.1 Å². The summed E-state index contributed by atoms with van der Waals surface area (Å²) in [5.41, 5.74) is 24.5. The Hall–Kier alpha value is -7.39. The van der Waals surface area contributed by atoms with Gasteiger partial charge in [0.05, 0.1) is 44.5 Å². The van der Waals surface area contributed by atoms with Gasteiger partial charge in [-0.25, -0.2) is 0 Å². The largest absolute Gasteiger partial charge is 0.507 e. The van der Waals surface area contributed by atoms with E-state index in [0.717, 1.165) is 151 Å². The van der Waals surface area contributed by atoms with E-state index in [4.69, 9.17) is 9.47 Å². The van der Waals surface area contributed by atoms with Crippen LogP contribution in [-0.4, -0.2) is 137 Å². The van der Waals surface area contributed by atoms with Gasteiger partial charge in [0.2, 0.25) is 0 Å². The van der Waals surface area contributed by atoms with Gasteiger partial charge in [0.25, 0.3) is 5.91 Å². The van der Waals surface area contributed by atoms with E-state index < -0.39 is 11.2 Å². The number of aromatic amines is 1. The first kappa shape index (κ1) is 62.2. The number of aromatic hydroxyl groups is 1. The molecule has 1 saturated carbocycles. The molecule has 13 heteroatoms. The van der Waals surface area contributed by atoms with E-state index in [1.165, 1.54) is 141 Å². The van der Waals surface area contributed by atoms with Crippen molar-refractivity contribution >= 4 is 38.5 Å². The third-order valence-electron chi connectivity index (χ3n) is 29.9. The molecule has 7 aliphatic carbocycles. The number of hydrogen-bond acceptors (Lipinski definition) is 9. The highest BCUT2D eigenvalue weighted by Crippen LogP contribution is 2.71. The number of phenolic OH excluding ortho intramolecular Hbond substituents is 1. The predicted molar refractivity (Wildman–Crippen MR) is 396 cm³/mol. The average Bonchev–Trinajstić information content (AvgIpc) is 1.52. The van der Waals surface area contributed by atoms with Crippen molar-refractivity contribution in [2.75, 3.05) is 40.3 Å². The van der Waals surface area contributed by atoms with Gasteiger partial charge in [0, 0.05) is 107 Å². The van der Waals surface area contributed by atoms with Gasteiger partial charge in [-0.3, -0.25) is 9.69 Å². The lowest BCUT2D eigenvalue weighted by Gasteiger charge is -2.63. The van der Waals surface area contributed by atoms with Crippen LogP contribution in [0.5, 0.6) is 17.2 Å². The molecule has 3 aromatic heterocycles. The normalized spacial score (nSPS) is 31.1. The first-order valence-electron chi connectivity index (χ1n) is 38.9. The summed E-state index contributed by atoms with van der Waals surface area (Å²) in [6, 6.07) is 32.7. The third kappa shape index (κ3) is 7.73.